The highest BCUT2D eigenvalue weighted by molar-refractivity contribution is 5.74. The molecule has 1 saturated heterocycles. The highest BCUT2D eigenvalue weighted by Gasteiger charge is 2.40. The molecule has 0 bridgehead atoms. The number of anilines is 1. The number of ether oxygens (including phenoxy) is 1. The Morgan fingerprint density at radius 1 is 1.19 bits per heavy atom. The van der Waals surface area contributed by atoms with Crippen LogP contribution in [0.1, 0.15) is 68.8 Å². The third-order valence-corrected chi connectivity index (χ3v) is 8.70. The normalized spacial score (nSPS) is 24.3. The fourth-order valence-electron chi connectivity index (χ4n) is 6.57. The first-order chi connectivity index (χ1) is 18.0. The standard InChI is InChI=1S/C29H34N6O2/c1-20(36)33-13-7-26-25(19-33)28(32-35(26)24-8-14-37-15-9-24)34-12-3-4-21-17-29(2,22-5-10-31-11-6-22)23(18-30)16-27(21)34/h5-6,10-11,16,24H,3-4,7-9,12-15,17,19H2,1-2H3. The molecule has 192 valence electrons. The molecule has 5 heterocycles. The maximum absolute atomic E-state index is 12.3. The molecule has 37 heavy (non-hydrogen) atoms. The van der Waals surface area contributed by atoms with Gasteiger partial charge in [-0.05, 0) is 61.4 Å². The van der Waals surface area contributed by atoms with E-state index in [4.69, 9.17) is 9.84 Å². The number of fused-ring (bicyclic) bond motifs is 1. The second kappa shape index (κ2) is 9.46. The largest absolute Gasteiger partial charge is 0.381 e. The van der Waals surface area contributed by atoms with Gasteiger partial charge in [-0.1, -0.05) is 6.92 Å². The molecule has 0 spiro atoms. The summed E-state index contributed by atoms with van der Waals surface area (Å²) in [6.45, 7) is 7.52. The molecule has 0 saturated carbocycles. The van der Waals surface area contributed by atoms with E-state index in [0.717, 1.165) is 93.0 Å². The van der Waals surface area contributed by atoms with Crippen molar-refractivity contribution in [3.8, 4) is 6.07 Å². The van der Waals surface area contributed by atoms with Gasteiger partial charge in [-0.15, -0.1) is 0 Å². The molecular formula is C29H34N6O2. The summed E-state index contributed by atoms with van der Waals surface area (Å²) in [7, 11) is 0. The molecule has 2 aromatic heterocycles. The summed E-state index contributed by atoms with van der Waals surface area (Å²) in [6, 6.07) is 6.91. The molecule has 1 atom stereocenters. The molecule has 0 N–H and O–H groups in total. The number of nitriles is 1. The minimum Gasteiger partial charge on any atom is -0.381 e. The van der Waals surface area contributed by atoms with Gasteiger partial charge in [0.05, 0.1) is 18.7 Å². The van der Waals surface area contributed by atoms with Crippen LogP contribution in [0.25, 0.3) is 0 Å². The first-order valence-electron chi connectivity index (χ1n) is 13.5. The summed E-state index contributed by atoms with van der Waals surface area (Å²) in [4.78, 5) is 20.8. The van der Waals surface area contributed by atoms with E-state index in [9.17, 15) is 10.1 Å². The van der Waals surface area contributed by atoms with Crippen molar-refractivity contribution >= 4 is 11.7 Å². The lowest BCUT2D eigenvalue weighted by atomic mass is 9.68. The zero-order valence-electron chi connectivity index (χ0n) is 21.7. The Kier molecular flexibility index (Phi) is 6.12. The highest BCUT2D eigenvalue weighted by atomic mass is 16.5. The molecule has 2 aromatic rings. The molecule has 1 unspecified atom stereocenters. The van der Waals surface area contributed by atoms with Gasteiger partial charge >= 0.3 is 0 Å². The average molecular weight is 499 g/mol. The van der Waals surface area contributed by atoms with E-state index in [0.29, 0.717) is 12.6 Å². The number of nitrogens with zero attached hydrogens (tertiary/aromatic N) is 6. The molecule has 3 aliphatic heterocycles. The van der Waals surface area contributed by atoms with Crippen LogP contribution in [0.15, 0.2) is 47.4 Å². The third kappa shape index (κ3) is 4.06. The predicted molar refractivity (Wildman–Crippen MR) is 140 cm³/mol. The van der Waals surface area contributed by atoms with Gasteiger partial charge in [-0.25, -0.2) is 0 Å². The van der Waals surface area contributed by atoms with Gasteiger partial charge in [0.25, 0.3) is 0 Å². The van der Waals surface area contributed by atoms with Crippen LogP contribution in [-0.2, 0) is 27.9 Å². The lowest BCUT2D eigenvalue weighted by Crippen LogP contribution is -2.38. The van der Waals surface area contributed by atoms with E-state index in [1.54, 1.807) is 6.92 Å². The van der Waals surface area contributed by atoms with Gasteiger partial charge in [-0.2, -0.15) is 10.4 Å². The maximum atomic E-state index is 12.3. The highest BCUT2D eigenvalue weighted by Crippen LogP contribution is 2.47. The summed E-state index contributed by atoms with van der Waals surface area (Å²) in [5, 5.41) is 15.5. The summed E-state index contributed by atoms with van der Waals surface area (Å²) < 4.78 is 7.88. The topological polar surface area (TPSA) is 87.3 Å². The Morgan fingerprint density at radius 2 is 1.97 bits per heavy atom. The van der Waals surface area contributed by atoms with Gasteiger partial charge in [0, 0.05) is 80.0 Å². The van der Waals surface area contributed by atoms with E-state index in [1.807, 2.05) is 29.4 Å². The number of aromatic nitrogens is 3. The Labute approximate surface area is 218 Å². The van der Waals surface area contributed by atoms with Crippen molar-refractivity contribution in [3.05, 3.63) is 64.3 Å². The van der Waals surface area contributed by atoms with Crippen LogP contribution in [0.5, 0.6) is 0 Å². The number of amides is 1. The maximum Gasteiger partial charge on any atom is 0.219 e. The number of hydrogen-bond donors (Lipinski definition) is 0. The first-order valence-corrected chi connectivity index (χ1v) is 13.5. The first kappa shape index (κ1) is 23.9. The molecule has 8 heteroatoms. The van der Waals surface area contributed by atoms with E-state index in [-0.39, 0.29) is 11.3 Å². The van der Waals surface area contributed by atoms with Gasteiger partial charge < -0.3 is 14.5 Å². The quantitative estimate of drug-likeness (QED) is 0.630. The number of carbonyl (C=O) groups excluding carboxylic acids is 1. The van der Waals surface area contributed by atoms with Crippen LogP contribution in [0, 0.1) is 11.3 Å². The molecule has 8 nitrogen and oxygen atoms in total. The molecule has 1 aliphatic carbocycles. The van der Waals surface area contributed by atoms with Crippen molar-refractivity contribution in [1.29, 1.82) is 5.26 Å². The zero-order chi connectivity index (χ0) is 25.6. The minimum absolute atomic E-state index is 0.103. The van der Waals surface area contributed by atoms with Crippen LogP contribution in [0.3, 0.4) is 0 Å². The van der Waals surface area contributed by atoms with E-state index < -0.39 is 0 Å². The lowest BCUT2D eigenvalue weighted by molar-refractivity contribution is -0.129. The Hall–Kier alpha value is -3.44. The van der Waals surface area contributed by atoms with Crippen molar-refractivity contribution in [2.45, 2.75) is 70.4 Å². The fraction of sp³-hybridized carbons (Fsp3) is 0.517. The van der Waals surface area contributed by atoms with Gasteiger partial charge in [0.15, 0.2) is 5.82 Å². The number of allylic oxidation sites excluding steroid dienone is 3. The van der Waals surface area contributed by atoms with Crippen LogP contribution >= 0.6 is 0 Å². The van der Waals surface area contributed by atoms with Gasteiger partial charge in [-0.3, -0.25) is 14.5 Å². The van der Waals surface area contributed by atoms with Gasteiger partial charge in [0.1, 0.15) is 0 Å². The zero-order valence-corrected chi connectivity index (χ0v) is 21.7. The number of rotatable bonds is 3. The van der Waals surface area contributed by atoms with Crippen molar-refractivity contribution < 1.29 is 9.53 Å². The Bertz CT molecular complexity index is 1310. The molecule has 4 aliphatic rings. The molecule has 0 radical (unpaired) electrons. The van der Waals surface area contributed by atoms with E-state index in [1.165, 1.54) is 11.3 Å². The average Bonchev–Trinajstić information content (AvgIpc) is 3.32. The molecule has 0 aromatic carbocycles. The minimum atomic E-state index is -0.369. The number of carbonyl (C=O) groups is 1. The SMILES string of the molecule is CC(=O)N1CCc2c(c(N3CCCC4=C3C=C(C#N)C(C)(c3ccncc3)C4)nn2C2CCOCC2)C1. The van der Waals surface area contributed by atoms with Crippen LogP contribution in [0.2, 0.25) is 0 Å². The second-order valence-corrected chi connectivity index (χ2v) is 10.9. The molecule has 1 amide bonds. The summed E-state index contributed by atoms with van der Waals surface area (Å²) >= 11 is 0. The smallest absolute Gasteiger partial charge is 0.219 e. The Morgan fingerprint density at radius 3 is 2.70 bits per heavy atom. The molecule has 6 rings (SSSR count). The number of pyridine rings is 1. The molecule has 1 fully saturated rings. The van der Waals surface area contributed by atoms with Crippen molar-refractivity contribution in [2.75, 3.05) is 31.2 Å². The summed E-state index contributed by atoms with van der Waals surface area (Å²) in [5.74, 6) is 1.06. The van der Waals surface area contributed by atoms with Crippen molar-refractivity contribution in [1.82, 2.24) is 19.7 Å². The lowest BCUT2D eigenvalue weighted by Gasteiger charge is -2.41. The predicted octanol–water partition coefficient (Wildman–Crippen LogP) is 4.20. The number of hydrogen-bond acceptors (Lipinski definition) is 6. The van der Waals surface area contributed by atoms with Crippen molar-refractivity contribution in [2.24, 2.45) is 0 Å². The second-order valence-electron chi connectivity index (χ2n) is 10.9. The van der Waals surface area contributed by atoms with Gasteiger partial charge in [0.2, 0.25) is 5.91 Å². The van der Waals surface area contributed by atoms with E-state index >= 15 is 0 Å². The van der Waals surface area contributed by atoms with Crippen LogP contribution in [0.4, 0.5) is 5.82 Å². The fourth-order valence-corrected chi connectivity index (χ4v) is 6.57. The van der Waals surface area contributed by atoms with Crippen molar-refractivity contribution in [3.63, 3.8) is 0 Å². The van der Waals surface area contributed by atoms with Crippen LogP contribution < -0.4 is 4.90 Å². The third-order valence-electron chi connectivity index (χ3n) is 8.70. The summed E-state index contributed by atoms with van der Waals surface area (Å²) in [5.41, 5.74) is 6.44. The van der Waals surface area contributed by atoms with E-state index in [2.05, 4.69) is 33.6 Å². The Balaban J connectivity index is 1.43. The van der Waals surface area contributed by atoms with Crippen LogP contribution in [-0.4, -0.2) is 51.9 Å². The molecular weight excluding hydrogens is 464 g/mol. The summed E-state index contributed by atoms with van der Waals surface area (Å²) in [6.07, 6.45) is 11.3. The monoisotopic (exact) mass is 498 g/mol.